The quantitative estimate of drug-likeness (QED) is 0.689. The third-order valence-corrected chi connectivity index (χ3v) is 4.03. The Morgan fingerprint density at radius 1 is 1.16 bits per heavy atom. The number of nitrogens with zero attached hydrogens (tertiary/aromatic N) is 2. The van der Waals surface area contributed by atoms with Gasteiger partial charge in [0.15, 0.2) is 0 Å². The van der Waals surface area contributed by atoms with Gasteiger partial charge in [-0.05, 0) is 25.9 Å². The van der Waals surface area contributed by atoms with Crippen molar-refractivity contribution in [2.45, 2.75) is 31.8 Å². The first-order valence-electron chi connectivity index (χ1n) is 7.41. The fourth-order valence-corrected chi connectivity index (χ4v) is 2.84. The molecule has 5 heteroatoms. The lowest BCUT2D eigenvalue weighted by molar-refractivity contribution is -0.145. The summed E-state index contributed by atoms with van der Waals surface area (Å²) < 4.78 is 10.3. The lowest BCUT2D eigenvalue weighted by Crippen LogP contribution is -2.46. The summed E-state index contributed by atoms with van der Waals surface area (Å²) in [7, 11) is 1.43. The standard InChI is InChI=1S/C14H26N2O3/c1-18-14(17)11-13-12-16(9-10-19-13)8-7-15-5-3-2-4-6-15/h13H,2-12H2,1H3. The van der Waals surface area contributed by atoms with Crippen molar-refractivity contribution in [3.05, 3.63) is 0 Å². The van der Waals surface area contributed by atoms with Crippen LogP contribution in [0.4, 0.5) is 0 Å². The van der Waals surface area contributed by atoms with Gasteiger partial charge in [-0.15, -0.1) is 0 Å². The van der Waals surface area contributed by atoms with E-state index < -0.39 is 0 Å². The van der Waals surface area contributed by atoms with Crippen LogP contribution in [0.1, 0.15) is 25.7 Å². The number of carbonyl (C=O) groups is 1. The van der Waals surface area contributed by atoms with Gasteiger partial charge in [0.1, 0.15) is 0 Å². The minimum Gasteiger partial charge on any atom is -0.469 e. The molecule has 2 aliphatic heterocycles. The molecule has 2 rings (SSSR count). The van der Waals surface area contributed by atoms with Crippen molar-refractivity contribution in [3.63, 3.8) is 0 Å². The van der Waals surface area contributed by atoms with E-state index >= 15 is 0 Å². The van der Waals surface area contributed by atoms with E-state index in [1.807, 2.05) is 0 Å². The summed E-state index contributed by atoms with van der Waals surface area (Å²) in [6, 6.07) is 0. The Labute approximate surface area is 115 Å². The summed E-state index contributed by atoms with van der Waals surface area (Å²) in [5, 5.41) is 0. The summed E-state index contributed by atoms with van der Waals surface area (Å²) in [4.78, 5) is 16.2. The monoisotopic (exact) mass is 270 g/mol. The zero-order valence-corrected chi connectivity index (χ0v) is 12.0. The van der Waals surface area contributed by atoms with E-state index in [-0.39, 0.29) is 12.1 Å². The smallest absolute Gasteiger partial charge is 0.308 e. The first-order chi connectivity index (χ1) is 9.28. The molecule has 0 radical (unpaired) electrons. The van der Waals surface area contributed by atoms with Crippen molar-refractivity contribution in [2.75, 3.05) is 53.0 Å². The summed E-state index contributed by atoms with van der Waals surface area (Å²) in [6.45, 7) is 7.27. The van der Waals surface area contributed by atoms with Gasteiger partial charge >= 0.3 is 5.97 Å². The van der Waals surface area contributed by atoms with Crippen molar-refractivity contribution in [2.24, 2.45) is 0 Å². The van der Waals surface area contributed by atoms with Gasteiger partial charge in [-0.3, -0.25) is 9.69 Å². The van der Waals surface area contributed by atoms with Gasteiger partial charge in [-0.1, -0.05) is 6.42 Å². The van der Waals surface area contributed by atoms with Crippen molar-refractivity contribution < 1.29 is 14.3 Å². The highest BCUT2D eigenvalue weighted by Gasteiger charge is 2.23. The number of ether oxygens (including phenoxy) is 2. The average molecular weight is 270 g/mol. The molecule has 2 heterocycles. The summed E-state index contributed by atoms with van der Waals surface area (Å²) in [6.07, 6.45) is 4.44. The zero-order chi connectivity index (χ0) is 13.5. The van der Waals surface area contributed by atoms with Gasteiger partial charge in [-0.25, -0.2) is 0 Å². The first kappa shape index (κ1) is 14.8. The second-order valence-electron chi connectivity index (χ2n) is 5.48. The Bertz CT molecular complexity index is 280. The molecule has 2 fully saturated rings. The summed E-state index contributed by atoms with van der Waals surface area (Å²) >= 11 is 0. The maximum Gasteiger partial charge on any atom is 0.308 e. The predicted molar refractivity (Wildman–Crippen MR) is 73.1 cm³/mol. The van der Waals surface area contributed by atoms with E-state index in [1.165, 1.54) is 39.5 Å². The average Bonchev–Trinajstić information content (AvgIpc) is 2.46. The van der Waals surface area contributed by atoms with Crippen LogP contribution in [0, 0.1) is 0 Å². The Balaban J connectivity index is 1.67. The molecule has 0 aliphatic carbocycles. The maximum atomic E-state index is 11.3. The number of methoxy groups -OCH3 is 1. The van der Waals surface area contributed by atoms with Gasteiger partial charge in [-0.2, -0.15) is 0 Å². The molecule has 0 bridgehead atoms. The lowest BCUT2D eigenvalue weighted by Gasteiger charge is -2.34. The summed E-state index contributed by atoms with van der Waals surface area (Å²) in [5.41, 5.74) is 0. The molecule has 1 atom stereocenters. The topological polar surface area (TPSA) is 42.0 Å². The van der Waals surface area contributed by atoms with E-state index in [9.17, 15) is 4.79 Å². The van der Waals surface area contributed by atoms with Crippen LogP contribution in [-0.2, 0) is 14.3 Å². The first-order valence-corrected chi connectivity index (χ1v) is 7.41. The predicted octanol–water partition coefficient (Wildman–Crippen LogP) is 0.736. The van der Waals surface area contributed by atoms with E-state index in [0.717, 1.165) is 32.8 Å². The van der Waals surface area contributed by atoms with Crippen LogP contribution < -0.4 is 0 Å². The molecule has 0 saturated carbocycles. The zero-order valence-electron chi connectivity index (χ0n) is 12.0. The summed E-state index contributed by atoms with van der Waals surface area (Å²) in [5.74, 6) is -0.178. The fraction of sp³-hybridized carbons (Fsp3) is 0.929. The number of hydrogen-bond acceptors (Lipinski definition) is 5. The third-order valence-electron chi connectivity index (χ3n) is 4.03. The number of piperidine rings is 1. The van der Waals surface area contributed by atoms with Gasteiger partial charge in [0.25, 0.3) is 0 Å². The molecule has 0 spiro atoms. The number of likely N-dealkylation sites (tertiary alicyclic amines) is 1. The van der Waals surface area contributed by atoms with Crippen molar-refractivity contribution in [1.82, 2.24) is 9.80 Å². The molecule has 19 heavy (non-hydrogen) atoms. The fourth-order valence-electron chi connectivity index (χ4n) is 2.84. The number of hydrogen-bond donors (Lipinski definition) is 0. The van der Waals surface area contributed by atoms with Gasteiger partial charge in [0.2, 0.25) is 0 Å². The van der Waals surface area contributed by atoms with Gasteiger partial charge in [0.05, 0.1) is 26.2 Å². The molecule has 2 aliphatic rings. The SMILES string of the molecule is COC(=O)CC1CN(CCN2CCCCC2)CCO1. The van der Waals surface area contributed by atoms with Crippen LogP contribution in [0.25, 0.3) is 0 Å². The third kappa shape index (κ3) is 5.09. The van der Waals surface area contributed by atoms with Crippen molar-refractivity contribution in [3.8, 4) is 0 Å². The highest BCUT2D eigenvalue weighted by molar-refractivity contribution is 5.69. The Hall–Kier alpha value is -0.650. The van der Waals surface area contributed by atoms with Crippen LogP contribution in [0.3, 0.4) is 0 Å². The molecule has 0 aromatic rings. The number of esters is 1. The minimum atomic E-state index is -0.178. The molecule has 1 unspecified atom stereocenters. The molecule has 0 N–H and O–H groups in total. The van der Waals surface area contributed by atoms with Crippen LogP contribution in [0.5, 0.6) is 0 Å². The van der Waals surface area contributed by atoms with E-state index in [1.54, 1.807) is 0 Å². The van der Waals surface area contributed by atoms with Crippen molar-refractivity contribution in [1.29, 1.82) is 0 Å². The molecule has 0 aromatic carbocycles. The van der Waals surface area contributed by atoms with Gasteiger partial charge in [0, 0.05) is 26.2 Å². The lowest BCUT2D eigenvalue weighted by atomic mass is 10.1. The highest BCUT2D eigenvalue weighted by Crippen LogP contribution is 2.11. The second kappa shape index (κ2) is 7.82. The van der Waals surface area contributed by atoms with E-state index in [2.05, 4.69) is 9.80 Å². The second-order valence-corrected chi connectivity index (χ2v) is 5.48. The molecular formula is C14H26N2O3. The molecule has 2 saturated heterocycles. The molecule has 0 aromatic heterocycles. The van der Waals surface area contributed by atoms with Crippen LogP contribution in [0.2, 0.25) is 0 Å². The largest absolute Gasteiger partial charge is 0.469 e. The Kier molecular flexibility index (Phi) is 6.07. The van der Waals surface area contributed by atoms with Crippen LogP contribution >= 0.6 is 0 Å². The van der Waals surface area contributed by atoms with Gasteiger partial charge < -0.3 is 14.4 Å². The highest BCUT2D eigenvalue weighted by atomic mass is 16.5. The molecule has 5 nitrogen and oxygen atoms in total. The maximum absolute atomic E-state index is 11.3. The van der Waals surface area contributed by atoms with E-state index in [0.29, 0.717) is 6.42 Å². The number of morpholine rings is 1. The van der Waals surface area contributed by atoms with Crippen LogP contribution in [0.15, 0.2) is 0 Å². The molecule has 110 valence electrons. The number of carbonyl (C=O) groups excluding carboxylic acids is 1. The Morgan fingerprint density at radius 3 is 2.63 bits per heavy atom. The molecular weight excluding hydrogens is 244 g/mol. The Morgan fingerprint density at radius 2 is 1.89 bits per heavy atom. The molecule has 0 amide bonds. The van der Waals surface area contributed by atoms with Crippen molar-refractivity contribution >= 4 is 5.97 Å². The van der Waals surface area contributed by atoms with E-state index in [4.69, 9.17) is 9.47 Å². The number of rotatable bonds is 5. The van der Waals surface area contributed by atoms with Crippen LogP contribution in [-0.4, -0.2) is 74.9 Å². The normalized spacial score (nSPS) is 26.3. The minimum absolute atomic E-state index is 0.00237.